The molecule has 1 aliphatic heterocycles. The number of hydrogen-bond acceptors (Lipinski definition) is 6. The van der Waals surface area contributed by atoms with E-state index in [-0.39, 0.29) is 11.8 Å². The molecule has 0 spiro atoms. The molecule has 1 N–H and O–H groups in total. The van der Waals surface area contributed by atoms with Crippen molar-refractivity contribution in [2.45, 2.75) is 20.3 Å². The minimum atomic E-state index is -0.0248. The number of thiazole rings is 1. The van der Waals surface area contributed by atoms with Crippen LogP contribution in [-0.2, 0) is 11.2 Å². The number of anilines is 1. The molecular weight excluding hydrogens is 464 g/mol. The second-order valence-corrected chi connectivity index (χ2v) is 10.4. The van der Waals surface area contributed by atoms with Gasteiger partial charge in [-0.2, -0.15) is 0 Å². The number of thiophene rings is 1. The molecule has 0 saturated carbocycles. The fraction of sp³-hybridized carbons (Fsp3) is 0.348. The number of piperazine rings is 1. The molecule has 0 unspecified atom stereocenters. The van der Waals surface area contributed by atoms with Gasteiger partial charge in [0.1, 0.15) is 9.88 Å². The van der Waals surface area contributed by atoms with Gasteiger partial charge in [-0.15, -0.1) is 22.7 Å². The summed E-state index contributed by atoms with van der Waals surface area (Å²) in [5.74, 6) is -0.0156. The molecule has 2 amide bonds. The van der Waals surface area contributed by atoms with Crippen molar-refractivity contribution >= 4 is 51.8 Å². The van der Waals surface area contributed by atoms with Crippen molar-refractivity contribution in [3.63, 3.8) is 0 Å². The monoisotopic (exact) mass is 488 g/mol. The molecule has 0 bridgehead atoms. The number of amides is 2. The average Bonchev–Trinajstić information content (AvgIpc) is 3.39. The number of aryl methyl sites for hydroxylation is 2. The normalized spacial score (nSPS) is 14.5. The molecule has 3 heterocycles. The van der Waals surface area contributed by atoms with Crippen LogP contribution in [0, 0.1) is 6.92 Å². The van der Waals surface area contributed by atoms with Crippen molar-refractivity contribution < 1.29 is 9.59 Å². The van der Waals surface area contributed by atoms with Gasteiger partial charge in [0.25, 0.3) is 5.91 Å². The molecule has 1 saturated heterocycles. The molecule has 32 heavy (non-hydrogen) atoms. The highest BCUT2D eigenvalue weighted by Crippen LogP contribution is 2.35. The maximum absolute atomic E-state index is 13.1. The summed E-state index contributed by atoms with van der Waals surface area (Å²) in [7, 11) is 0. The molecule has 1 fully saturated rings. The van der Waals surface area contributed by atoms with Crippen molar-refractivity contribution in [3.05, 3.63) is 56.9 Å². The summed E-state index contributed by atoms with van der Waals surface area (Å²) in [5.41, 5.74) is 2.74. The number of halogens is 1. The molecule has 0 radical (unpaired) electrons. The fourth-order valence-corrected chi connectivity index (χ4v) is 5.86. The van der Waals surface area contributed by atoms with Crippen LogP contribution in [0.1, 0.15) is 27.9 Å². The molecular formula is C23H25ClN4O2S2. The van der Waals surface area contributed by atoms with Gasteiger partial charge < -0.3 is 10.2 Å². The first-order chi connectivity index (χ1) is 15.4. The van der Waals surface area contributed by atoms with Gasteiger partial charge in [0.2, 0.25) is 5.91 Å². The van der Waals surface area contributed by atoms with Crippen molar-refractivity contribution in [2.75, 3.05) is 38.0 Å². The number of aromatic nitrogens is 1. The van der Waals surface area contributed by atoms with Crippen molar-refractivity contribution in [1.82, 2.24) is 14.8 Å². The van der Waals surface area contributed by atoms with Gasteiger partial charge in [-0.3, -0.25) is 14.5 Å². The van der Waals surface area contributed by atoms with Crippen LogP contribution in [0.25, 0.3) is 9.88 Å². The topological polar surface area (TPSA) is 65.5 Å². The van der Waals surface area contributed by atoms with Crippen LogP contribution in [0.2, 0.25) is 4.34 Å². The number of nitrogens with zero attached hydrogens (tertiary/aromatic N) is 3. The third kappa shape index (κ3) is 5.20. The van der Waals surface area contributed by atoms with E-state index in [2.05, 4.69) is 22.1 Å². The van der Waals surface area contributed by atoms with Gasteiger partial charge in [-0.05, 0) is 37.1 Å². The lowest BCUT2D eigenvalue weighted by molar-refractivity contribution is -0.117. The van der Waals surface area contributed by atoms with E-state index in [1.165, 1.54) is 22.7 Å². The van der Waals surface area contributed by atoms with E-state index in [1.807, 2.05) is 48.2 Å². The third-order valence-electron chi connectivity index (χ3n) is 5.47. The van der Waals surface area contributed by atoms with Gasteiger partial charge in [0, 0.05) is 31.9 Å². The Morgan fingerprint density at radius 3 is 2.53 bits per heavy atom. The molecule has 9 heteroatoms. The first kappa shape index (κ1) is 22.9. The number of hydrogen-bond donors (Lipinski definition) is 1. The molecule has 3 aromatic rings. The molecule has 1 aliphatic rings. The number of benzene rings is 1. The highest BCUT2D eigenvalue weighted by atomic mass is 35.5. The van der Waals surface area contributed by atoms with Crippen LogP contribution in [0.4, 0.5) is 5.69 Å². The summed E-state index contributed by atoms with van der Waals surface area (Å²) in [6.45, 7) is 6.79. The Kier molecular flexibility index (Phi) is 7.25. The first-order valence-corrected chi connectivity index (χ1v) is 12.6. The predicted molar refractivity (Wildman–Crippen MR) is 132 cm³/mol. The Labute approximate surface area is 200 Å². The third-order valence-corrected chi connectivity index (χ3v) is 8.02. The summed E-state index contributed by atoms with van der Waals surface area (Å²) in [5, 5.41) is 3.84. The molecule has 0 aliphatic carbocycles. The standard InChI is InChI=1S/C23H25ClN4O2S2/c1-3-16-6-4-5-7-17(16)26-20(29)14-27-10-12-28(13-11-27)23(30)21-15(2)25-22(32-21)18-8-9-19(24)31-18/h4-9H,3,10-14H2,1-2H3,(H,26,29). The van der Waals surface area contributed by atoms with Crippen LogP contribution in [0.15, 0.2) is 36.4 Å². The smallest absolute Gasteiger partial charge is 0.265 e. The minimum Gasteiger partial charge on any atom is -0.335 e. The molecule has 168 valence electrons. The average molecular weight is 489 g/mol. The van der Waals surface area contributed by atoms with Crippen LogP contribution < -0.4 is 5.32 Å². The number of carbonyl (C=O) groups excluding carboxylic acids is 2. The molecule has 0 atom stereocenters. The van der Waals surface area contributed by atoms with Crippen LogP contribution in [0.3, 0.4) is 0 Å². The molecule has 6 nitrogen and oxygen atoms in total. The summed E-state index contributed by atoms with van der Waals surface area (Å²) in [6.07, 6.45) is 0.871. The predicted octanol–water partition coefficient (Wildman–Crippen LogP) is 4.79. The van der Waals surface area contributed by atoms with Gasteiger partial charge >= 0.3 is 0 Å². The SMILES string of the molecule is CCc1ccccc1NC(=O)CN1CCN(C(=O)c2sc(-c3ccc(Cl)s3)nc2C)CC1. The van der Waals surface area contributed by atoms with E-state index >= 15 is 0 Å². The van der Waals surface area contributed by atoms with E-state index < -0.39 is 0 Å². The Balaban J connectivity index is 1.32. The van der Waals surface area contributed by atoms with E-state index in [0.29, 0.717) is 41.9 Å². The lowest BCUT2D eigenvalue weighted by Gasteiger charge is -2.34. The molecule has 2 aromatic heterocycles. The van der Waals surface area contributed by atoms with E-state index in [1.54, 1.807) is 0 Å². The van der Waals surface area contributed by atoms with Gasteiger partial charge in [0.15, 0.2) is 0 Å². The second-order valence-electron chi connectivity index (χ2n) is 7.66. The summed E-state index contributed by atoms with van der Waals surface area (Å²) >= 11 is 8.92. The van der Waals surface area contributed by atoms with E-state index in [9.17, 15) is 9.59 Å². The minimum absolute atomic E-state index is 0.00915. The van der Waals surface area contributed by atoms with Gasteiger partial charge in [-0.25, -0.2) is 4.98 Å². The second kappa shape index (κ2) is 10.1. The molecule has 4 rings (SSSR count). The van der Waals surface area contributed by atoms with E-state index in [0.717, 1.165) is 33.3 Å². The quantitative estimate of drug-likeness (QED) is 0.541. The highest BCUT2D eigenvalue weighted by molar-refractivity contribution is 7.24. The Morgan fingerprint density at radius 1 is 1.09 bits per heavy atom. The zero-order chi connectivity index (χ0) is 22.7. The van der Waals surface area contributed by atoms with Crippen LogP contribution >= 0.6 is 34.3 Å². The van der Waals surface area contributed by atoms with Gasteiger partial charge in [-0.1, -0.05) is 36.7 Å². The van der Waals surface area contributed by atoms with Crippen molar-refractivity contribution in [2.24, 2.45) is 0 Å². The lowest BCUT2D eigenvalue weighted by Crippen LogP contribution is -2.50. The fourth-order valence-electron chi connectivity index (χ4n) is 3.73. The van der Waals surface area contributed by atoms with E-state index in [4.69, 9.17) is 11.6 Å². The number of carbonyl (C=O) groups is 2. The lowest BCUT2D eigenvalue weighted by atomic mass is 10.1. The maximum atomic E-state index is 13.1. The Bertz CT molecular complexity index is 1120. The van der Waals surface area contributed by atoms with Crippen LogP contribution in [-0.4, -0.2) is 59.3 Å². The Morgan fingerprint density at radius 2 is 1.84 bits per heavy atom. The zero-order valence-corrected chi connectivity index (χ0v) is 20.4. The Hall–Kier alpha value is -2.26. The van der Waals surface area contributed by atoms with Crippen molar-refractivity contribution in [1.29, 1.82) is 0 Å². The largest absolute Gasteiger partial charge is 0.335 e. The summed E-state index contributed by atoms with van der Waals surface area (Å²) in [6, 6.07) is 11.6. The maximum Gasteiger partial charge on any atom is 0.265 e. The van der Waals surface area contributed by atoms with Gasteiger partial charge in [0.05, 0.1) is 21.5 Å². The zero-order valence-electron chi connectivity index (χ0n) is 18.1. The first-order valence-electron chi connectivity index (χ1n) is 10.6. The van der Waals surface area contributed by atoms with Crippen molar-refractivity contribution in [3.8, 4) is 9.88 Å². The highest BCUT2D eigenvalue weighted by Gasteiger charge is 2.26. The number of rotatable bonds is 6. The number of para-hydroxylation sites is 1. The molecule has 1 aromatic carbocycles. The summed E-state index contributed by atoms with van der Waals surface area (Å²) < 4.78 is 0.707. The number of nitrogens with one attached hydrogen (secondary N) is 1. The summed E-state index contributed by atoms with van der Waals surface area (Å²) in [4.78, 5) is 35.8. The van der Waals surface area contributed by atoms with Crippen LogP contribution in [0.5, 0.6) is 0 Å².